The summed E-state index contributed by atoms with van der Waals surface area (Å²) in [7, 11) is 0. The number of anilines is 1. The molecule has 1 heterocycles. The second-order valence-electron chi connectivity index (χ2n) is 3.76. The molecule has 0 fully saturated rings. The second-order valence-corrected chi connectivity index (χ2v) is 3.76. The Labute approximate surface area is 99.7 Å². The smallest absolute Gasteiger partial charge is 0.161 e. The minimum Gasteiger partial charge on any atom is -0.370 e. The van der Waals surface area contributed by atoms with Gasteiger partial charge in [-0.15, -0.1) is 0 Å². The maximum atomic E-state index is 13.0. The van der Waals surface area contributed by atoms with E-state index in [9.17, 15) is 4.39 Å². The number of aromatic nitrogens is 2. The van der Waals surface area contributed by atoms with Crippen molar-refractivity contribution < 1.29 is 4.39 Å². The first kappa shape index (κ1) is 11.5. The van der Waals surface area contributed by atoms with Crippen molar-refractivity contribution in [2.75, 3.05) is 11.9 Å². The molecule has 0 spiro atoms. The maximum Gasteiger partial charge on any atom is 0.161 e. The molecule has 0 bridgehead atoms. The van der Waals surface area contributed by atoms with E-state index in [-0.39, 0.29) is 5.82 Å². The Kier molecular flexibility index (Phi) is 3.32. The fraction of sp³-hybridized carbons (Fsp3) is 0.231. The predicted octanol–water partition coefficient (Wildman–Crippen LogP) is 3.02. The summed E-state index contributed by atoms with van der Waals surface area (Å²) < 4.78 is 13.0. The van der Waals surface area contributed by atoms with Gasteiger partial charge in [0.1, 0.15) is 11.6 Å². The Bertz CT molecular complexity index is 526. The van der Waals surface area contributed by atoms with Gasteiger partial charge in [-0.05, 0) is 43.7 Å². The highest BCUT2D eigenvalue weighted by Gasteiger charge is 2.06. The average molecular weight is 231 g/mol. The molecule has 2 rings (SSSR count). The molecule has 0 atom stereocenters. The Morgan fingerprint density at radius 1 is 1.29 bits per heavy atom. The average Bonchev–Trinajstić information content (AvgIpc) is 2.29. The number of halogens is 1. The van der Waals surface area contributed by atoms with Gasteiger partial charge in [-0.2, -0.15) is 0 Å². The van der Waals surface area contributed by atoms with Crippen LogP contribution in [0.2, 0.25) is 0 Å². The molecule has 2 aromatic rings. The summed E-state index contributed by atoms with van der Waals surface area (Å²) in [6.45, 7) is 4.66. The number of hydrogen-bond donors (Lipinski definition) is 1. The van der Waals surface area contributed by atoms with E-state index < -0.39 is 0 Å². The van der Waals surface area contributed by atoms with Gasteiger partial charge >= 0.3 is 0 Å². The first-order valence-electron chi connectivity index (χ1n) is 5.54. The zero-order valence-electron chi connectivity index (χ0n) is 9.87. The van der Waals surface area contributed by atoms with Crippen LogP contribution in [0.4, 0.5) is 10.2 Å². The zero-order valence-corrected chi connectivity index (χ0v) is 9.87. The number of rotatable bonds is 3. The van der Waals surface area contributed by atoms with Gasteiger partial charge in [0.2, 0.25) is 0 Å². The summed E-state index contributed by atoms with van der Waals surface area (Å²) in [5.74, 6) is 1.15. The largest absolute Gasteiger partial charge is 0.370 e. The summed E-state index contributed by atoms with van der Waals surface area (Å²) in [4.78, 5) is 8.59. The Balaban J connectivity index is 2.42. The summed E-state index contributed by atoms with van der Waals surface area (Å²) in [6.07, 6.45) is 1.70. The molecule has 1 aromatic heterocycles. The van der Waals surface area contributed by atoms with Crippen LogP contribution in [0.3, 0.4) is 0 Å². The number of benzene rings is 1. The molecule has 0 saturated carbocycles. The van der Waals surface area contributed by atoms with Crippen LogP contribution in [0.15, 0.2) is 30.5 Å². The number of aryl methyl sites for hydroxylation is 1. The van der Waals surface area contributed by atoms with Crippen LogP contribution in [-0.2, 0) is 0 Å². The van der Waals surface area contributed by atoms with Crippen LogP contribution in [0.1, 0.15) is 12.5 Å². The van der Waals surface area contributed by atoms with Gasteiger partial charge in [-0.3, -0.25) is 0 Å². The molecule has 0 aliphatic carbocycles. The molecule has 0 aliphatic heterocycles. The molecule has 0 aliphatic rings. The normalized spacial score (nSPS) is 10.3. The molecule has 0 saturated heterocycles. The Morgan fingerprint density at radius 3 is 2.82 bits per heavy atom. The van der Waals surface area contributed by atoms with E-state index in [2.05, 4.69) is 15.3 Å². The van der Waals surface area contributed by atoms with Crippen molar-refractivity contribution in [2.45, 2.75) is 13.8 Å². The monoisotopic (exact) mass is 231 g/mol. The first-order chi connectivity index (χ1) is 8.20. The van der Waals surface area contributed by atoms with Gasteiger partial charge < -0.3 is 5.32 Å². The third-order valence-corrected chi connectivity index (χ3v) is 2.44. The van der Waals surface area contributed by atoms with E-state index >= 15 is 0 Å². The van der Waals surface area contributed by atoms with Crippen LogP contribution in [0.5, 0.6) is 0 Å². The van der Waals surface area contributed by atoms with Crippen molar-refractivity contribution >= 4 is 5.82 Å². The van der Waals surface area contributed by atoms with Crippen LogP contribution in [0.25, 0.3) is 11.4 Å². The van der Waals surface area contributed by atoms with E-state index in [4.69, 9.17) is 0 Å². The Hall–Kier alpha value is -1.97. The summed E-state index contributed by atoms with van der Waals surface area (Å²) in [5.41, 5.74) is 1.69. The third kappa shape index (κ3) is 2.58. The van der Waals surface area contributed by atoms with E-state index in [1.165, 1.54) is 12.1 Å². The van der Waals surface area contributed by atoms with E-state index in [1.54, 1.807) is 12.3 Å². The van der Waals surface area contributed by atoms with Gasteiger partial charge in [-0.25, -0.2) is 14.4 Å². The molecule has 0 amide bonds. The van der Waals surface area contributed by atoms with Crippen molar-refractivity contribution in [3.8, 4) is 11.4 Å². The molecule has 0 unspecified atom stereocenters. The fourth-order valence-corrected chi connectivity index (χ4v) is 1.65. The minimum absolute atomic E-state index is 0.242. The molecule has 17 heavy (non-hydrogen) atoms. The summed E-state index contributed by atoms with van der Waals surface area (Å²) >= 11 is 0. The molecular weight excluding hydrogens is 217 g/mol. The molecule has 0 radical (unpaired) electrons. The van der Waals surface area contributed by atoms with Gasteiger partial charge in [0, 0.05) is 18.3 Å². The lowest BCUT2D eigenvalue weighted by atomic mass is 10.1. The second kappa shape index (κ2) is 4.91. The van der Waals surface area contributed by atoms with Gasteiger partial charge in [0.15, 0.2) is 5.82 Å². The van der Waals surface area contributed by atoms with Crippen molar-refractivity contribution in [1.82, 2.24) is 9.97 Å². The minimum atomic E-state index is -0.242. The molecule has 1 aromatic carbocycles. The fourth-order valence-electron chi connectivity index (χ4n) is 1.65. The molecule has 4 heteroatoms. The lowest BCUT2D eigenvalue weighted by Crippen LogP contribution is -2.01. The SMILES string of the molecule is CCNc1ccnc(-c2ccc(F)cc2C)n1. The number of nitrogens with one attached hydrogen (secondary N) is 1. The van der Waals surface area contributed by atoms with Gasteiger partial charge in [0.05, 0.1) is 0 Å². The van der Waals surface area contributed by atoms with Crippen molar-refractivity contribution in [2.24, 2.45) is 0 Å². The Morgan fingerprint density at radius 2 is 2.12 bits per heavy atom. The zero-order chi connectivity index (χ0) is 12.3. The van der Waals surface area contributed by atoms with Crippen molar-refractivity contribution in [3.05, 3.63) is 41.8 Å². The first-order valence-corrected chi connectivity index (χ1v) is 5.54. The predicted molar refractivity (Wildman–Crippen MR) is 66.3 cm³/mol. The molecule has 88 valence electrons. The topological polar surface area (TPSA) is 37.8 Å². The number of hydrogen-bond acceptors (Lipinski definition) is 3. The van der Waals surface area contributed by atoms with E-state index in [1.807, 2.05) is 19.9 Å². The van der Waals surface area contributed by atoms with Crippen molar-refractivity contribution in [1.29, 1.82) is 0 Å². The summed E-state index contributed by atoms with van der Waals surface area (Å²) in [5, 5.41) is 3.12. The van der Waals surface area contributed by atoms with E-state index in [0.29, 0.717) is 5.82 Å². The highest BCUT2D eigenvalue weighted by Crippen LogP contribution is 2.21. The van der Waals surface area contributed by atoms with Crippen molar-refractivity contribution in [3.63, 3.8) is 0 Å². The van der Waals surface area contributed by atoms with E-state index in [0.717, 1.165) is 23.5 Å². The lowest BCUT2D eigenvalue weighted by Gasteiger charge is -2.07. The standard InChI is InChI=1S/C13H14FN3/c1-3-15-12-6-7-16-13(17-12)11-5-4-10(14)8-9(11)2/h4-8H,3H2,1-2H3,(H,15,16,17). The quantitative estimate of drug-likeness (QED) is 0.882. The van der Waals surface area contributed by atoms with Gasteiger partial charge in [0.25, 0.3) is 0 Å². The summed E-state index contributed by atoms with van der Waals surface area (Å²) in [6, 6.07) is 6.42. The molecule has 1 N–H and O–H groups in total. The number of nitrogens with zero attached hydrogens (tertiary/aromatic N) is 2. The van der Waals surface area contributed by atoms with Crippen LogP contribution in [0, 0.1) is 12.7 Å². The molecular formula is C13H14FN3. The lowest BCUT2D eigenvalue weighted by molar-refractivity contribution is 0.627. The van der Waals surface area contributed by atoms with Crippen LogP contribution < -0.4 is 5.32 Å². The highest BCUT2D eigenvalue weighted by atomic mass is 19.1. The third-order valence-electron chi connectivity index (χ3n) is 2.44. The van der Waals surface area contributed by atoms with Gasteiger partial charge in [-0.1, -0.05) is 0 Å². The van der Waals surface area contributed by atoms with Crippen LogP contribution >= 0.6 is 0 Å². The van der Waals surface area contributed by atoms with Crippen LogP contribution in [-0.4, -0.2) is 16.5 Å². The maximum absolute atomic E-state index is 13.0. The highest BCUT2D eigenvalue weighted by molar-refractivity contribution is 5.61. The molecule has 3 nitrogen and oxygen atoms in total.